The van der Waals surface area contributed by atoms with Crippen LogP contribution in [0.5, 0.6) is 0 Å². The van der Waals surface area contributed by atoms with Crippen LogP contribution in [0.25, 0.3) is 0 Å². The zero-order valence-electron chi connectivity index (χ0n) is 24.9. The van der Waals surface area contributed by atoms with Crippen LogP contribution < -0.4 is 5.32 Å². The van der Waals surface area contributed by atoms with Gasteiger partial charge in [-0.2, -0.15) is 0 Å². The number of thiazole rings is 1. The standard InChI is InChI=1S/C28H45N3O8S/c1-9-18(6)11-24(33)31(15-38-25(34)10-16(2)3)22(17(4)5)12-23(39-20(8)32)27-30-21(14-40-27)26(35)29-13-19(7)28(36)37/h14,16-19,22-23H,9-13,15H2,1-8H3,(H,29,35)(H,36,37). The number of ether oxygens (including phenoxy) is 2. The second-order valence-corrected chi connectivity index (χ2v) is 11.9. The molecule has 0 aliphatic carbocycles. The molecule has 0 fully saturated rings. The molecule has 0 aliphatic heterocycles. The number of nitrogens with one attached hydrogen (secondary N) is 1. The van der Waals surface area contributed by atoms with E-state index >= 15 is 0 Å². The van der Waals surface area contributed by atoms with Crippen LogP contribution in [0.2, 0.25) is 0 Å². The fourth-order valence-electron chi connectivity index (χ4n) is 3.79. The fraction of sp³-hybridized carbons (Fsp3) is 0.714. The van der Waals surface area contributed by atoms with Crippen molar-refractivity contribution in [2.75, 3.05) is 13.3 Å². The van der Waals surface area contributed by atoms with Crippen LogP contribution >= 0.6 is 11.3 Å². The third kappa shape index (κ3) is 12.0. The van der Waals surface area contributed by atoms with Gasteiger partial charge in [0, 0.05) is 44.2 Å². The van der Waals surface area contributed by atoms with Crippen molar-refractivity contribution in [2.24, 2.45) is 23.7 Å². The van der Waals surface area contributed by atoms with Gasteiger partial charge >= 0.3 is 17.9 Å². The monoisotopic (exact) mass is 583 g/mol. The molecular formula is C28H45N3O8S. The fourth-order valence-corrected chi connectivity index (χ4v) is 4.63. The molecule has 0 aromatic carbocycles. The number of carbonyl (C=O) groups is 5. The molecule has 0 bridgehead atoms. The molecule has 1 aromatic rings. The number of hydrogen-bond acceptors (Lipinski definition) is 9. The zero-order valence-corrected chi connectivity index (χ0v) is 25.7. The van der Waals surface area contributed by atoms with Gasteiger partial charge in [0.2, 0.25) is 5.91 Å². The van der Waals surface area contributed by atoms with Gasteiger partial charge in [0.15, 0.2) is 12.8 Å². The van der Waals surface area contributed by atoms with Gasteiger partial charge in [0.05, 0.1) is 5.92 Å². The summed E-state index contributed by atoms with van der Waals surface area (Å²) in [4.78, 5) is 67.3. The van der Waals surface area contributed by atoms with Crippen molar-refractivity contribution in [3.05, 3.63) is 16.1 Å². The Balaban J connectivity index is 3.25. The molecule has 0 radical (unpaired) electrons. The smallest absolute Gasteiger partial charge is 0.308 e. The lowest BCUT2D eigenvalue weighted by Crippen LogP contribution is -2.46. The lowest BCUT2D eigenvalue weighted by molar-refractivity contribution is -0.158. The number of hydrogen-bond donors (Lipinski definition) is 2. The Morgan fingerprint density at radius 2 is 1.73 bits per heavy atom. The van der Waals surface area contributed by atoms with Crippen molar-refractivity contribution in [3.63, 3.8) is 0 Å². The highest BCUT2D eigenvalue weighted by molar-refractivity contribution is 7.09. The summed E-state index contributed by atoms with van der Waals surface area (Å²) in [5.74, 6) is -3.32. The van der Waals surface area contributed by atoms with E-state index < -0.39 is 41.9 Å². The van der Waals surface area contributed by atoms with E-state index in [1.807, 2.05) is 41.5 Å². The predicted molar refractivity (Wildman–Crippen MR) is 150 cm³/mol. The Morgan fingerprint density at radius 3 is 2.25 bits per heavy atom. The van der Waals surface area contributed by atoms with E-state index in [0.29, 0.717) is 5.01 Å². The van der Waals surface area contributed by atoms with E-state index in [1.165, 1.54) is 19.2 Å². The van der Waals surface area contributed by atoms with Crippen LogP contribution in [0.15, 0.2) is 5.38 Å². The zero-order chi connectivity index (χ0) is 30.6. The van der Waals surface area contributed by atoms with Gasteiger partial charge < -0.3 is 24.8 Å². The number of amides is 2. The topological polar surface area (TPSA) is 152 Å². The van der Waals surface area contributed by atoms with Gasteiger partial charge in [-0.05, 0) is 17.8 Å². The molecule has 1 heterocycles. The Hall–Kier alpha value is -3.02. The van der Waals surface area contributed by atoms with Gasteiger partial charge in [0.25, 0.3) is 5.91 Å². The maximum Gasteiger partial charge on any atom is 0.308 e. The van der Waals surface area contributed by atoms with Crippen molar-refractivity contribution < 1.29 is 38.6 Å². The molecule has 2 N–H and O–H groups in total. The average molecular weight is 584 g/mol. The van der Waals surface area contributed by atoms with Gasteiger partial charge in [-0.25, -0.2) is 4.98 Å². The largest absolute Gasteiger partial charge is 0.481 e. The number of esters is 2. The molecule has 0 spiro atoms. The van der Waals surface area contributed by atoms with Gasteiger partial charge in [-0.15, -0.1) is 11.3 Å². The van der Waals surface area contributed by atoms with Crippen molar-refractivity contribution in [1.82, 2.24) is 15.2 Å². The summed E-state index contributed by atoms with van der Waals surface area (Å²) in [5.41, 5.74) is 0.0724. The second-order valence-electron chi connectivity index (χ2n) is 11.0. The maximum absolute atomic E-state index is 13.4. The van der Waals surface area contributed by atoms with Crippen molar-refractivity contribution in [1.29, 1.82) is 0 Å². The summed E-state index contributed by atoms with van der Waals surface area (Å²) in [6.45, 7) is 14.1. The van der Waals surface area contributed by atoms with Gasteiger partial charge in [-0.3, -0.25) is 24.0 Å². The van der Waals surface area contributed by atoms with E-state index in [2.05, 4.69) is 10.3 Å². The summed E-state index contributed by atoms with van der Waals surface area (Å²) in [6, 6.07) is -0.467. The van der Waals surface area contributed by atoms with Gasteiger partial charge in [0.1, 0.15) is 10.7 Å². The van der Waals surface area contributed by atoms with E-state index in [4.69, 9.17) is 14.6 Å². The van der Waals surface area contributed by atoms with Crippen LogP contribution in [-0.4, -0.2) is 64.0 Å². The summed E-state index contributed by atoms with van der Waals surface area (Å²) < 4.78 is 11.1. The van der Waals surface area contributed by atoms with Crippen LogP contribution in [0.3, 0.4) is 0 Å². The highest BCUT2D eigenvalue weighted by atomic mass is 32.1. The Bertz CT molecular complexity index is 1010. The quantitative estimate of drug-likeness (QED) is 0.200. The molecule has 2 amide bonds. The lowest BCUT2D eigenvalue weighted by atomic mass is 9.95. The minimum Gasteiger partial charge on any atom is -0.481 e. The summed E-state index contributed by atoms with van der Waals surface area (Å²) in [6.07, 6.45) is 0.626. The average Bonchev–Trinajstić information content (AvgIpc) is 3.35. The van der Waals surface area contributed by atoms with Crippen LogP contribution in [0.1, 0.15) is 103 Å². The molecule has 226 valence electrons. The number of rotatable bonds is 17. The molecule has 4 unspecified atom stereocenters. The first kappa shape index (κ1) is 35.0. The van der Waals surface area contributed by atoms with E-state index in [0.717, 1.165) is 17.8 Å². The molecule has 1 rings (SSSR count). The number of carbonyl (C=O) groups excluding carboxylic acids is 4. The first-order chi connectivity index (χ1) is 18.7. The first-order valence-electron chi connectivity index (χ1n) is 13.7. The Labute approximate surface area is 241 Å². The van der Waals surface area contributed by atoms with E-state index in [9.17, 15) is 24.0 Å². The van der Waals surface area contributed by atoms with E-state index in [-0.39, 0.29) is 61.9 Å². The second kappa shape index (κ2) is 16.9. The summed E-state index contributed by atoms with van der Waals surface area (Å²) in [7, 11) is 0. The Kier molecular flexibility index (Phi) is 14.8. The Morgan fingerprint density at radius 1 is 1.07 bits per heavy atom. The van der Waals surface area contributed by atoms with Crippen molar-refractivity contribution >= 4 is 41.1 Å². The van der Waals surface area contributed by atoms with Crippen LogP contribution in [0, 0.1) is 23.7 Å². The molecule has 40 heavy (non-hydrogen) atoms. The van der Waals surface area contributed by atoms with Crippen LogP contribution in [-0.2, 0) is 28.7 Å². The van der Waals surface area contributed by atoms with Crippen molar-refractivity contribution in [3.8, 4) is 0 Å². The minimum absolute atomic E-state index is 0.0629. The molecule has 4 atom stereocenters. The molecule has 0 saturated carbocycles. The third-order valence-electron chi connectivity index (χ3n) is 6.43. The minimum atomic E-state index is -1.03. The highest BCUT2D eigenvalue weighted by Crippen LogP contribution is 2.31. The first-order valence-corrected chi connectivity index (χ1v) is 14.6. The molecule has 0 saturated heterocycles. The maximum atomic E-state index is 13.4. The third-order valence-corrected chi connectivity index (χ3v) is 7.37. The number of nitrogens with zero attached hydrogens (tertiary/aromatic N) is 2. The number of carboxylic acids is 1. The molecule has 1 aromatic heterocycles. The normalized spacial score (nSPS) is 14.2. The van der Waals surface area contributed by atoms with Gasteiger partial charge in [-0.1, -0.05) is 54.9 Å². The number of aromatic nitrogens is 1. The molecular weight excluding hydrogens is 538 g/mol. The summed E-state index contributed by atoms with van der Waals surface area (Å²) >= 11 is 1.13. The molecule has 12 heteroatoms. The predicted octanol–water partition coefficient (Wildman–Crippen LogP) is 4.42. The number of carboxylic acid groups (broad SMARTS) is 1. The van der Waals surface area contributed by atoms with Crippen LogP contribution in [0.4, 0.5) is 0 Å². The van der Waals surface area contributed by atoms with E-state index in [1.54, 1.807) is 4.90 Å². The lowest BCUT2D eigenvalue weighted by Gasteiger charge is -2.36. The SMILES string of the molecule is CCC(C)CC(=O)N(COC(=O)CC(C)C)C(CC(OC(C)=O)c1nc(C(=O)NCC(C)C(=O)O)cs1)C(C)C. The molecule has 11 nitrogen and oxygen atoms in total. The number of aliphatic carboxylic acids is 1. The van der Waals surface area contributed by atoms with Crippen molar-refractivity contribution in [2.45, 2.75) is 93.2 Å². The molecule has 0 aliphatic rings. The summed E-state index contributed by atoms with van der Waals surface area (Å²) in [5, 5.41) is 13.5. The highest BCUT2D eigenvalue weighted by Gasteiger charge is 2.33.